The van der Waals surface area contributed by atoms with Crippen LogP contribution < -0.4 is 0 Å². The molecule has 1 aliphatic heterocycles. The zero-order valence-electron chi connectivity index (χ0n) is 14.7. The number of ether oxygens (including phenoxy) is 1. The molecule has 0 bridgehead atoms. The first kappa shape index (κ1) is 20.0. The SMILES string of the molecule is C=CCCOC1CCC(c2ccc(-c3cc(F)c(F)c(F)c3)c(F)c2)SC1. The van der Waals surface area contributed by atoms with Gasteiger partial charge in [-0.15, -0.1) is 6.58 Å². The molecule has 6 heteroatoms. The normalized spacial score (nSPS) is 19.9. The van der Waals surface area contributed by atoms with Gasteiger partial charge in [-0.05, 0) is 48.6 Å². The fraction of sp³-hybridized carbons (Fsp3) is 0.333. The molecule has 1 saturated heterocycles. The van der Waals surface area contributed by atoms with Crippen molar-refractivity contribution in [3.05, 3.63) is 71.8 Å². The van der Waals surface area contributed by atoms with Gasteiger partial charge in [-0.25, -0.2) is 17.6 Å². The molecule has 0 saturated carbocycles. The third-order valence-electron chi connectivity index (χ3n) is 4.57. The Morgan fingerprint density at radius 3 is 2.37 bits per heavy atom. The molecule has 0 aliphatic carbocycles. The highest BCUT2D eigenvalue weighted by molar-refractivity contribution is 7.99. The van der Waals surface area contributed by atoms with Gasteiger partial charge in [0.1, 0.15) is 5.82 Å². The van der Waals surface area contributed by atoms with E-state index in [-0.39, 0.29) is 22.5 Å². The molecular formula is C21H20F4OS. The van der Waals surface area contributed by atoms with E-state index in [2.05, 4.69) is 6.58 Å². The van der Waals surface area contributed by atoms with Gasteiger partial charge in [0.15, 0.2) is 17.5 Å². The minimum atomic E-state index is -1.56. The maximum absolute atomic E-state index is 14.6. The maximum Gasteiger partial charge on any atom is 0.194 e. The third-order valence-corrected chi connectivity index (χ3v) is 6.04. The van der Waals surface area contributed by atoms with Gasteiger partial charge < -0.3 is 4.74 Å². The summed E-state index contributed by atoms with van der Waals surface area (Å²) in [4.78, 5) is 0. The van der Waals surface area contributed by atoms with Crippen LogP contribution in [0.1, 0.15) is 30.1 Å². The summed E-state index contributed by atoms with van der Waals surface area (Å²) in [7, 11) is 0. The topological polar surface area (TPSA) is 9.23 Å². The van der Waals surface area contributed by atoms with E-state index in [9.17, 15) is 17.6 Å². The second-order valence-electron chi connectivity index (χ2n) is 6.46. The largest absolute Gasteiger partial charge is 0.377 e. The van der Waals surface area contributed by atoms with Crippen molar-refractivity contribution < 1.29 is 22.3 Å². The van der Waals surface area contributed by atoms with Gasteiger partial charge in [0.2, 0.25) is 0 Å². The zero-order chi connectivity index (χ0) is 19.4. The lowest BCUT2D eigenvalue weighted by atomic mass is 9.99. The highest BCUT2D eigenvalue weighted by Crippen LogP contribution is 2.40. The predicted molar refractivity (Wildman–Crippen MR) is 101 cm³/mol. The summed E-state index contributed by atoms with van der Waals surface area (Å²) in [6.45, 7) is 4.33. The van der Waals surface area contributed by atoms with Crippen molar-refractivity contribution in [3.63, 3.8) is 0 Å². The van der Waals surface area contributed by atoms with Crippen LogP contribution in [0.25, 0.3) is 11.1 Å². The van der Waals surface area contributed by atoms with Crippen LogP contribution in [-0.4, -0.2) is 18.5 Å². The summed E-state index contributed by atoms with van der Waals surface area (Å²) < 4.78 is 60.3. The van der Waals surface area contributed by atoms with Crippen LogP contribution in [0.2, 0.25) is 0 Å². The number of benzene rings is 2. The van der Waals surface area contributed by atoms with Gasteiger partial charge >= 0.3 is 0 Å². The minimum Gasteiger partial charge on any atom is -0.377 e. The molecular weight excluding hydrogens is 376 g/mol. The Labute approximate surface area is 160 Å². The number of rotatable bonds is 6. The third kappa shape index (κ3) is 4.74. The fourth-order valence-electron chi connectivity index (χ4n) is 3.12. The maximum atomic E-state index is 14.6. The second kappa shape index (κ2) is 8.93. The minimum absolute atomic E-state index is 0.0255. The van der Waals surface area contributed by atoms with Crippen LogP contribution in [-0.2, 0) is 4.74 Å². The lowest BCUT2D eigenvalue weighted by molar-refractivity contribution is 0.0629. The highest BCUT2D eigenvalue weighted by atomic mass is 32.2. The van der Waals surface area contributed by atoms with Gasteiger partial charge in [0, 0.05) is 16.6 Å². The number of halogens is 4. The summed E-state index contributed by atoms with van der Waals surface area (Å²) in [5.74, 6) is -3.97. The Hall–Kier alpha value is -1.79. The van der Waals surface area contributed by atoms with Crippen LogP contribution in [0, 0.1) is 23.3 Å². The molecule has 2 aromatic rings. The molecule has 0 N–H and O–H groups in total. The van der Waals surface area contributed by atoms with Crippen LogP contribution in [0.15, 0.2) is 43.0 Å². The molecule has 0 amide bonds. The molecule has 1 aliphatic rings. The van der Waals surface area contributed by atoms with E-state index < -0.39 is 23.3 Å². The molecule has 1 heterocycles. The predicted octanol–water partition coefficient (Wildman–Crippen LogP) is 6.44. The number of thioether (sulfide) groups is 1. The molecule has 1 nitrogen and oxygen atoms in total. The smallest absolute Gasteiger partial charge is 0.194 e. The van der Waals surface area contributed by atoms with Crippen LogP contribution >= 0.6 is 11.8 Å². The molecule has 0 spiro atoms. The van der Waals surface area contributed by atoms with E-state index in [0.29, 0.717) is 6.61 Å². The average Bonchev–Trinajstić information content (AvgIpc) is 2.66. The Bertz CT molecular complexity index is 793. The molecule has 144 valence electrons. The van der Waals surface area contributed by atoms with Crippen LogP contribution in [0.4, 0.5) is 17.6 Å². The van der Waals surface area contributed by atoms with E-state index in [1.807, 2.05) is 6.08 Å². The van der Waals surface area contributed by atoms with Crippen LogP contribution in [0.3, 0.4) is 0 Å². The summed E-state index contributed by atoms with van der Waals surface area (Å²) in [5, 5.41) is 0.148. The van der Waals surface area contributed by atoms with E-state index >= 15 is 0 Å². The van der Waals surface area contributed by atoms with Crippen LogP contribution in [0.5, 0.6) is 0 Å². The first-order chi connectivity index (χ1) is 13.0. The van der Waals surface area contributed by atoms with Gasteiger partial charge in [-0.2, -0.15) is 11.8 Å². The van der Waals surface area contributed by atoms with Crippen molar-refractivity contribution >= 4 is 11.8 Å². The average molecular weight is 396 g/mol. The Morgan fingerprint density at radius 2 is 1.78 bits per heavy atom. The van der Waals surface area contributed by atoms with E-state index in [1.165, 1.54) is 12.1 Å². The molecule has 27 heavy (non-hydrogen) atoms. The number of hydrogen-bond acceptors (Lipinski definition) is 2. The quantitative estimate of drug-likeness (QED) is 0.240. The standard InChI is InChI=1S/C21H20F4OS/c1-2-3-8-26-15-5-7-20(27-12-15)13-4-6-16(17(22)9-13)14-10-18(23)21(25)19(24)11-14/h2,4,6,9-11,15,20H,1,3,5,7-8,12H2. The van der Waals surface area contributed by atoms with Crippen molar-refractivity contribution in [2.45, 2.75) is 30.6 Å². The van der Waals surface area contributed by atoms with Crippen molar-refractivity contribution in [1.29, 1.82) is 0 Å². The summed E-state index contributed by atoms with van der Waals surface area (Å²) >= 11 is 1.71. The molecule has 0 aromatic heterocycles. The second-order valence-corrected chi connectivity index (χ2v) is 7.70. The van der Waals surface area contributed by atoms with Gasteiger partial charge in [0.25, 0.3) is 0 Å². The molecule has 2 atom stereocenters. The monoisotopic (exact) mass is 396 g/mol. The Kier molecular flexibility index (Phi) is 6.60. The zero-order valence-corrected chi connectivity index (χ0v) is 15.5. The molecule has 3 rings (SSSR count). The van der Waals surface area contributed by atoms with Crippen molar-refractivity contribution in [2.24, 2.45) is 0 Å². The van der Waals surface area contributed by atoms with Gasteiger partial charge in [-0.3, -0.25) is 0 Å². The molecule has 1 fully saturated rings. The van der Waals surface area contributed by atoms with Gasteiger partial charge in [-0.1, -0.05) is 18.2 Å². The highest BCUT2D eigenvalue weighted by Gasteiger charge is 2.24. The number of hydrogen-bond donors (Lipinski definition) is 0. The molecule has 2 aromatic carbocycles. The van der Waals surface area contributed by atoms with E-state index in [0.717, 1.165) is 42.7 Å². The summed E-state index contributed by atoms with van der Waals surface area (Å²) in [5.41, 5.74) is 0.847. The van der Waals surface area contributed by atoms with Gasteiger partial charge in [0.05, 0.1) is 12.7 Å². The van der Waals surface area contributed by atoms with E-state index in [4.69, 9.17) is 4.74 Å². The summed E-state index contributed by atoms with van der Waals surface area (Å²) in [6.07, 6.45) is 4.60. The van der Waals surface area contributed by atoms with Crippen molar-refractivity contribution in [2.75, 3.05) is 12.4 Å². The molecule has 0 radical (unpaired) electrons. The lowest BCUT2D eigenvalue weighted by Gasteiger charge is -2.28. The lowest BCUT2D eigenvalue weighted by Crippen LogP contribution is -2.22. The first-order valence-corrected chi connectivity index (χ1v) is 9.83. The Balaban J connectivity index is 1.70. The van der Waals surface area contributed by atoms with E-state index in [1.54, 1.807) is 17.8 Å². The Morgan fingerprint density at radius 1 is 1.04 bits per heavy atom. The molecule has 2 unspecified atom stereocenters. The van der Waals surface area contributed by atoms with Crippen molar-refractivity contribution in [3.8, 4) is 11.1 Å². The summed E-state index contributed by atoms with van der Waals surface area (Å²) in [6, 6.07) is 6.25. The first-order valence-electron chi connectivity index (χ1n) is 8.78. The van der Waals surface area contributed by atoms with Crippen molar-refractivity contribution in [1.82, 2.24) is 0 Å². The fourth-order valence-corrected chi connectivity index (χ4v) is 4.47.